The fourth-order valence-corrected chi connectivity index (χ4v) is 6.66. The predicted molar refractivity (Wildman–Crippen MR) is 159 cm³/mol. The molecule has 2 aromatic carbocycles. The number of allylic oxidation sites excluding steroid dienone is 6. The number of hydrogen-bond acceptors (Lipinski definition) is 1. The smallest absolute Gasteiger partial charge is 0.138 e. The van der Waals surface area contributed by atoms with Gasteiger partial charge in [-0.2, -0.15) is 0 Å². The highest BCUT2D eigenvalue weighted by Gasteiger charge is 2.26. The molecule has 38 heavy (non-hydrogen) atoms. The number of hydrogen-bond donors (Lipinski definition) is 0. The third-order valence-electron chi connectivity index (χ3n) is 8.28. The van der Waals surface area contributed by atoms with Crippen molar-refractivity contribution in [2.45, 2.75) is 38.5 Å². The maximum atomic E-state index is 5.22. The zero-order chi connectivity index (χ0) is 25.1. The second-order valence-corrected chi connectivity index (χ2v) is 10.5. The summed E-state index contributed by atoms with van der Waals surface area (Å²) in [5.74, 6) is 1.01. The molecule has 8 rings (SSSR count). The molecule has 3 aliphatic carbocycles. The normalized spacial score (nSPS) is 16.2. The second-order valence-electron chi connectivity index (χ2n) is 10.5. The largest absolute Gasteiger partial charge is 0.313 e. The van der Waals surface area contributed by atoms with E-state index in [-0.39, 0.29) is 0 Å². The summed E-state index contributed by atoms with van der Waals surface area (Å²) in [5.41, 5.74) is 11.6. The van der Waals surface area contributed by atoms with Crippen LogP contribution in [-0.4, -0.2) is 14.1 Å². The van der Waals surface area contributed by atoms with Gasteiger partial charge < -0.3 is 4.57 Å². The molecule has 0 unspecified atom stereocenters. The van der Waals surface area contributed by atoms with E-state index in [4.69, 9.17) is 4.98 Å². The Balaban J connectivity index is 1.45. The maximum Gasteiger partial charge on any atom is 0.138 e. The fraction of sp³-hybridized carbons (Fsp3) is 0.171. The molecule has 3 nitrogen and oxygen atoms in total. The zero-order valence-electron chi connectivity index (χ0n) is 21.4. The van der Waals surface area contributed by atoms with Crippen molar-refractivity contribution in [1.82, 2.24) is 14.1 Å². The van der Waals surface area contributed by atoms with E-state index in [1.807, 2.05) is 0 Å². The minimum Gasteiger partial charge on any atom is -0.313 e. The Morgan fingerprint density at radius 2 is 1.26 bits per heavy atom. The topological polar surface area (TPSA) is 22.8 Å². The Morgan fingerprint density at radius 3 is 1.97 bits per heavy atom. The van der Waals surface area contributed by atoms with Gasteiger partial charge in [0, 0.05) is 39.0 Å². The number of pyridine rings is 1. The molecule has 5 aromatic rings. The van der Waals surface area contributed by atoms with Crippen LogP contribution in [0.3, 0.4) is 0 Å². The number of fused-ring (bicyclic) bond motifs is 7. The van der Waals surface area contributed by atoms with Crippen molar-refractivity contribution in [1.29, 1.82) is 0 Å². The number of benzene rings is 2. The number of nitrogens with zero attached hydrogens (tertiary/aromatic N) is 3. The van der Waals surface area contributed by atoms with Gasteiger partial charge in [-0.15, -0.1) is 0 Å². The lowest BCUT2D eigenvalue weighted by Crippen LogP contribution is -2.06. The molecule has 3 heterocycles. The van der Waals surface area contributed by atoms with E-state index < -0.39 is 0 Å². The highest BCUT2D eigenvalue weighted by Crippen LogP contribution is 2.43. The summed E-state index contributed by atoms with van der Waals surface area (Å²) in [4.78, 5) is 5.22. The molecule has 0 bridgehead atoms. The molecule has 0 saturated carbocycles. The van der Waals surface area contributed by atoms with Crippen LogP contribution in [0.4, 0.5) is 0 Å². The Hall–Kier alpha value is -4.37. The third-order valence-corrected chi connectivity index (χ3v) is 8.28. The van der Waals surface area contributed by atoms with Crippen LogP contribution in [0.2, 0.25) is 0 Å². The Bertz CT molecular complexity index is 1850. The maximum absolute atomic E-state index is 5.22. The first-order valence-corrected chi connectivity index (χ1v) is 13.8. The van der Waals surface area contributed by atoms with Crippen LogP contribution < -0.4 is 0 Å². The van der Waals surface area contributed by atoms with Crippen molar-refractivity contribution in [3.63, 3.8) is 0 Å². The molecule has 0 aliphatic heterocycles. The van der Waals surface area contributed by atoms with Crippen molar-refractivity contribution in [3.8, 4) is 11.5 Å². The van der Waals surface area contributed by atoms with Crippen LogP contribution in [0.5, 0.6) is 0 Å². The van der Waals surface area contributed by atoms with Crippen LogP contribution in [0.1, 0.15) is 53.9 Å². The molecule has 184 valence electrons. The van der Waals surface area contributed by atoms with Crippen LogP contribution in [0.15, 0.2) is 91.0 Å². The summed E-state index contributed by atoms with van der Waals surface area (Å²) < 4.78 is 4.92. The van der Waals surface area contributed by atoms with Gasteiger partial charge in [0.25, 0.3) is 0 Å². The minimum atomic E-state index is 1.01. The van der Waals surface area contributed by atoms with E-state index in [0.717, 1.165) is 50.0 Å². The SMILES string of the molecule is C1=CC(c2cccc(-n3c4c(c5c6c7c(n(-c8ccccc8)c6ccc53)CCC=C7)C=CCC4)n2)=CCC1. The number of para-hydroxylation sites is 1. The lowest BCUT2D eigenvalue weighted by Gasteiger charge is -2.14. The Labute approximate surface area is 222 Å². The molecule has 3 aromatic heterocycles. The first-order chi connectivity index (χ1) is 18.9. The highest BCUT2D eigenvalue weighted by atomic mass is 15.1. The van der Waals surface area contributed by atoms with E-state index in [9.17, 15) is 0 Å². The monoisotopic (exact) mass is 491 g/mol. The van der Waals surface area contributed by atoms with Gasteiger partial charge in [-0.25, -0.2) is 4.98 Å². The lowest BCUT2D eigenvalue weighted by molar-refractivity contribution is 0.869. The van der Waals surface area contributed by atoms with Crippen LogP contribution in [0, 0.1) is 0 Å². The van der Waals surface area contributed by atoms with Gasteiger partial charge in [0.15, 0.2) is 0 Å². The zero-order valence-corrected chi connectivity index (χ0v) is 21.4. The molecule has 0 atom stereocenters. The molecule has 0 radical (unpaired) electrons. The summed E-state index contributed by atoms with van der Waals surface area (Å²) in [6, 6.07) is 22.0. The summed E-state index contributed by atoms with van der Waals surface area (Å²) >= 11 is 0. The second kappa shape index (κ2) is 8.59. The van der Waals surface area contributed by atoms with E-state index in [0.29, 0.717) is 0 Å². The van der Waals surface area contributed by atoms with Crippen LogP contribution in [0.25, 0.3) is 51.0 Å². The molecule has 0 fully saturated rings. The molecule has 0 amide bonds. The van der Waals surface area contributed by atoms with Gasteiger partial charge in [0.05, 0.1) is 16.7 Å². The van der Waals surface area contributed by atoms with Crippen molar-refractivity contribution in [2.24, 2.45) is 0 Å². The van der Waals surface area contributed by atoms with Crippen molar-refractivity contribution < 1.29 is 0 Å². The molecule has 3 heteroatoms. The van der Waals surface area contributed by atoms with E-state index in [1.165, 1.54) is 55.6 Å². The average molecular weight is 492 g/mol. The summed E-state index contributed by atoms with van der Waals surface area (Å²) in [5, 5.41) is 2.72. The minimum absolute atomic E-state index is 1.01. The standard InChI is InChI=1S/C35H29N3/c1-3-12-24(13-4-1)28-18-11-21-33(36-28)38-30-20-10-8-17-27(30)35-32(38)23-22-31-34(35)26-16-7-9-19-29(26)37(31)25-14-5-2-6-15-25/h2-3,5-8,11-18,21-23H,1,4,9-10,19-20H2. The first kappa shape index (κ1) is 21.7. The Morgan fingerprint density at radius 1 is 0.579 bits per heavy atom. The van der Waals surface area contributed by atoms with E-state index in [1.54, 1.807) is 0 Å². The molecule has 3 aliphatic rings. The van der Waals surface area contributed by atoms with Gasteiger partial charge in [0.2, 0.25) is 0 Å². The van der Waals surface area contributed by atoms with Crippen LogP contribution >= 0.6 is 0 Å². The third kappa shape index (κ3) is 3.18. The highest BCUT2D eigenvalue weighted by molar-refractivity contribution is 6.15. The van der Waals surface area contributed by atoms with Gasteiger partial charge in [-0.1, -0.05) is 66.8 Å². The number of aromatic nitrogens is 3. The molecule has 0 saturated heterocycles. The van der Waals surface area contributed by atoms with Crippen LogP contribution in [-0.2, 0) is 12.8 Å². The van der Waals surface area contributed by atoms with Crippen molar-refractivity contribution in [3.05, 3.63) is 119 Å². The summed E-state index contributed by atoms with van der Waals surface area (Å²) in [6.45, 7) is 0. The first-order valence-electron chi connectivity index (χ1n) is 13.8. The quantitative estimate of drug-likeness (QED) is 0.248. The molecular weight excluding hydrogens is 462 g/mol. The molecule has 0 N–H and O–H groups in total. The van der Waals surface area contributed by atoms with Gasteiger partial charge >= 0.3 is 0 Å². The molecular formula is C35H29N3. The average Bonchev–Trinajstić information content (AvgIpc) is 3.51. The molecule has 0 spiro atoms. The predicted octanol–water partition coefficient (Wildman–Crippen LogP) is 8.62. The fourth-order valence-electron chi connectivity index (χ4n) is 6.66. The summed E-state index contributed by atoms with van der Waals surface area (Å²) in [7, 11) is 0. The van der Waals surface area contributed by atoms with Crippen molar-refractivity contribution >= 4 is 39.5 Å². The van der Waals surface area contributed by atoms with Crippen molar-refractivity contribution in [2.75, 3.05) is 0 Å². The van der Waals surface area contributed by atoms with Gasteiger partial charge in [-0.05, 0) is 80.5 Å². The van der Waals surface area contributed by atoms with Gasteiger partial charge in [-0.3, -0.25) is 4.57 Å². The Kier molecular flexibility index (Phi) is 4.91. The van der Waals surface area contributed by atoms with E-state index >= 15 is 0 Å². The summed E-state index contributed by atoms with van der Waals surface area (Å²) in [6.07, 6.45) is 22.6. The van der Waals surface area contributed by atoms with E-state index in [2.05, 4.69) is 112 Å². The van der Waals surface area contributed by atoms with Gasteiger partial charge in [0.1, 0.15) is 5.82 Å². The number of rotatable bonds is 3. The lowest BCUT2D eigenvalue weighted by atomic mass is 9.96.